The van der Waals surface area contributed by atoms with Crippen molar-refractivity contribution < 1.29 is 8.42 Å². The second-order valence-electron chi connectivity index (χ2n) is 3.42. The first-order valence-electron chi connectivity index (χ1n) is 4.76. The van der Waals surface area contributed by atoms with Crippen LogP contribution in [0.25, 0.3) is 0 Å². The van der Waals surface area contributed by atoms with Crippen molar-refractivity contribution in [1.29, 1.82) is 0 Å². The summed E-state index contributed by atoms with van der Waals surface area (Å²) in [6, 6.07) is 1.37. The van der Waals surface area contributed by atoms with E-state index in [-0.39, 0.29) is 11.6 Å². The number of aryl methyl sites for hydroxylation is 1. The fraction of sp³-hybridized carbons (Fsp3) is 0.250. The standard InChI is InChI=1S/C8H12N6O2S/c1-14-8(9)6(4-11-14)5-12-17(15,16)7-2-3-10-13-7/h2-4,12H,5,9H2,1H3,(H,10,13). The Bertz CT molecular complexity index is 600. The van der Waals surface area contributed by atoms with Gasteiger partial charge in [0.1, 0.15) is 5.82 Å². The number of nitrogens with one attached hydrogen (secondary N) is 2. The maximum absolute atomic E-state index is 11.7. The molecule has 0 aromatic carbocycles. The Morgan fingerprint density at radius 3 is 2.88 bits per heavy atom. The predicted octanol–water partition coefficient (Wildman–Crippen LogP) is -0.796. The van der Waals surface area contributed by atoms with Gasteiger partial charge in [-0.3, -0.25) is 9.78 Å². The molecule has 0 aliphatic carbocycles. The van der Waals surface area contributed by atoms with Gasteiger partial charge < -0.3 is 5.73 Å². The summed E-state index contributed by atoms with van der Waals surface area (Å²) in [6.45, 7) is 0.0844. The highest BCUT2D eigenvalue weighted by atomic mass is 32.2. The van der Waals surface area contributed by atoms with E-state index in [1.807, 2.05) is 0 Å². The maximum Gasteiger partial charge on any atom is 0.257 e. The van der Waals surface area contributed by atoms with Crippen LogP contribution in [0, 0.1) is 0 Å². The van der Waals surface area contributed by atoms with Gasteiger partial charge in [0.2, 0.25) is 0 Å². The number of H-pyrrole nitrogens is 1. The van der Waals surface area contributed by atoms with E-state index in [2.05, 4.69) is 20.0 Å². The molecular weight excluding hydrogens is 244 g/mol. The lowest BCUT2D eigenvalue weighted by Crippen LogP contribution is -2.24. The number of anilines is 1. The Morgan fingerprint density at radius 2 is 2.35 bits per heavy atom. The minimum absolute atomic E-state index is 0.0139. The Kier molecular flexibility index (Phi) is 2.86. The smallest absolute Gasteiger partial charge is 0.257 e. The molecule has 0 spiro atoms. The summed E-state index contributed by atoms with van der Waals surface area (Å²) in [5, 5.41) is 9.89. The van der Waals surface area contributed by atoms with Crippen LogP contribution in [0.2, 0.25) is 0 Å². The van der Waals surface area contributed by atoms with Gasteiger partial charge in [-0.15, -0.1) is 0 Å². The number of nitrogens with zero attached hydrogens (tertiary/aromatic N) is 3. The molecule has 2 rings (SSSR count). The van der Waals surface area contributed by atoms with Crippen molar-refractivity contribution in [3.63, 3.8) is 0 Å². The number of hydrogen-bond acceptors (Lipinski definition) is 5. The van der Waals surface area contributed by atoms with E-state index in [0.717, 1.165) is 0 Å². The fourth-order valence-electron chi connectivity index (χ4n) is 1.27. The monoisotopic (exact) mass is 256 g/mol. The first-order valence-corrected chi connectivity index (χ1v) is 6.24. The third-order valence-electron chi connectivity index (χ3n) is 2.28. The van der Waals surface area contributed by atoms with Crippen molar-refractivity contribution in [3.05, 3.63) is 24.0 Å². The molecule has 2 aromatic rings. The van der Waals surface area contributed by atoms with E-state index in [0.29, 0.717) is 11.4 Å². The average Bonchev–Trinajstić information content (AvgIpc) is 2.90. The summed E-state index contributed by atoms with van der Waals surface area (Å²) in [5.74, 6) is 0.428. The number of aromatic nitrogens is 4. The molecule has 0 radical (unpaired) electrons. The summed E-state index contributed by atoms with van der Waals surface area (Å²) in [7, 11) is -1.90. The van der Waals surface area contributed by atoms with E-state index in [1.54, 1.807) is 7.05 Å². The summed E-state index contributed by atoms with van der Waals surface area (Å²) >= 11 is 0. The second-order valence-corrected chi connectivity index (χ2v) is 5.16. The lowest BCUT2D eigenvalue weighted by atomic mass is 10.3. The topological polar surface area (TPSA) is 119 Å². The number of sulfonamides is 1. The van der Waals surface area contributed by atoms with Gasteiger partial charge in [-0.2, -0.15) is 10.2 Å². The molecule has 9 heteroatoms. The van der Waals surface area contributed by atoms with Crippen molar-refractivity contribution in [2.75, 3.05) is 5.73 Å². The van der Waals surface area contributed by atoms with Gasteiger partial charge in [0.25, 0.3) is 10.0 Å². The molecule has 0 saturated carbocycles. The van der Waals surface area contributed by atoms with Crippen molar-refractivity contribution in [2.45, 2.75) is 11.6 Å². The quantitative estimate of drug-likeness (QED) is 0.662. The van der Waals surface area contributed by atoms with E-state index in [9.17, 15) is 8.42 Å². The van der Waals surface area contributed by atoms with E-state index < -0.39 is 10.0 Å². The lowest BCUT2D eigenvalue weighted by Gasteiger charge is -2.03. The fourth-order valence-corrected chi connectivity index (χ4v) is 2.19. The highest BCUT2D eigenvalue weighted by Crippen LogP contribution is 2.10. The highest BCUT2D eigenvalue weighted by molar-refractivity contribution is 7.89. The molecule has 8 nitrogen and oxygen atoms in total. The molecule has 0 bridgehead atoms. The van der Waals surface area contributed by atoms with Crippen molar-refractivity contribution in [2.24, 2.45) is 7.05 Å². The second kappa shape index (κ2) is 4.18. The zero-order valence-electron chi connectivity index (χ0n) is 9.08. The summed E-state index contributed by atoms with van der Waals surface area (Å²) in [4.78, 5) is 0. The van der Waals surface area contributed by atoms with Crippen LogP contribution in [0.5, 0.6) is 0 Å². The zero-order chi connectivity index (χ0) is 12.5. The Labute approximate surface area is 97.9 Å². The van der Waals surface area contributed by atoms with Gasteiger partial charge in [0.15, 0.2) is 5.03 Å². The number of nitrogen functional groups attached to an aromatic ring is 1. The number of rotatable bonds is 4. The number of hydrogen-bond donors (Lipinski definition) is 3. The predicted molar refractivity (Wildman–Crippen MR) is 60.2 cm³/mol. The molecular formula is C8H12N6O2S. The molecule has 4 N–H and O–H groups in total. The molecule has 0 saturated heterocycles. The third-order valence-corrected chi connectivity index (χ3v) is 3.61. The van der Waals surface area contributed by atoms with Gasteiger partial charge in [0, 0.05) is 19.2 Å². The van der Waals surface area contributed by atoms with Crippen LogP contribution in [0.3, 0.4) is 0 Å². The Balaban J connectivity index is 2.11. The first kappa shape index (κ1) is 11.6. The summed E-state index contributed by atoms with van der Waals surface area (Å²) in [6.07, 6.45) is 2.89. The molecule has 2 heterocycles. The van der Waals surface area contributed by atoms with E-state index >= 15 is 0 Å². The van der Waals surface area contributed by atoms with Gasteiger partial charge >= 0.3 is 0 Å². The van der Waals surface area contributed by atoms with Crippen LogP contribution in [0.4, 0.5) is 5.82 Å². The molecule has 0 unspecified atom stereocenters. The van der Waals surface area contributed by atoms with Crippen LogP contribution in [-0.2, 0) is 23.6 Å². The molecule has 17 heavy (non-hydrogen) atoms. The first-order chi connectivity index (χ1) is 8.00. The SMILES string of the molecule is Cn1ncc(CNS(=O)(=O)c2ccn[nH]2)c1N. The average molecular weight is 256 g/mol. The molecule has 0 fully saturated rings. The molecule has 0 atom stereocenters. The molecule has 0 amide bonds. The molecule has 0 aliphatic rings. The Morgan fingerprint density at radius 1 is 1.59 bits per heavy atom. The van der Waals surface area contributed by atoms with Crippen molar-refractivity contribution in [1.82, 2.24) is 24.7 Å². The van der Waals surface area contributed by atoms with Crippen LogP contribution < -0.4 is 10.5 Å². The van der Waals surface area contributed by atoms with E-state index in [1.165, 1.54) is 23.1 Å². The van der Waals surface area contributed by atoms with Gasteiger partial charge in [0.05, 0.1) is 12.4 Å². The van der Waals surface area contributed by atoms with Crippen LogP contribution in [0.15, 0.2) is 23.5 Å². The minimum atomic E-state index is -3.58. The normalized spacial score (nSPS) is 11.8. The maximum atomic E-state index is 11.7. The highest BCUT2D eigenvalue weighted by Gasteiger charge is 2.16. The van der Waals surface area contributed by atoms with Gasteiger partial charge in [-0.25, -0.2) is 13.1 Å². The van der Waals surface area contributed by atoms with Gasteiger partial charge in [-0.1, -0.05) is 0 Å². The van der Waals surface area contributed by atoms with Crippen LogP contribution >= 0.6 is 0 Å². The largest absolute Gasteiger partial charge is 0.384 e. The zero-order valence-corrected chi connectivity index (χ0v) is 9.90. The molecule has 92 valence electrons. The number of aromatic amines is 1. The minimum Gasteiger partial charge on any atom is -0.384 e. The third kappa shape index (κ3) is 2.29. The summed E-state index contributed by atoms with van der Waals surface area (Å²) < 4.78 is 27.3. The molecule has 0 aliphatic heterocycles. The Hall–Kier alpha value is -1.87. The lowest BCUT2D eigenvalue weighted by molar-refractivity contribution is 0.577. The van der Waals surface area contributed by atoms with Crippen molar-refractivity contribution >= 4 is 15.8 Å². The van der Waals surface area contributed by atoms with Gasteiger partial charge in [-0.05, 0) is 6.07 Å². The molecule has 2 aromatic heterocycles. The van der Waals surface area contributed by atoms with Crippen LogP contribution in [-0.4, -0.2) is 28.4 Å². The van der Waals surface area contributed by atoms with Crippen LogP contribution in [0.1, 0.15) is 5.56 Å². The summed E-state index contributed by atoms with van der Waals surface area (Å²) in [5.41, 5.74) is 6.32. The van der Waals surface area contributed by atoms with E-state index in [4.69, 9.17) is 5.73 Å². The van der Waals surface area contributed by atoms with Crippen molar-refractivity contribution in [3.8, 4) is 0 Å². The number of nitrogens with two attached hydrogens (primary N) is 1.